The highest BCUT2D eigenvalue weighted by molar-refractivity contribution is 5.90. The number of anilines is 1. The van der Waals surface area contributed by atoms with Crippen molar-refractivity contribution >= 4 is 23.5 Å². The molecule has 2 aromatic carbocycles. The summed E-state index contributed by atoms with van der Waals surface area (Å²) in [6.07, 6.45) is 0.613. The average Bonchev–Trinajstić information content (AvgIpc) is 2.71. The Bertz CT molecular complexity index is 835. The molecule has 0 spiro atoms. The molecule has 2 aromatic rings. The molecule has 0 fully saturated rings. The molecular weight excluding hydrogens is 360 g/mol. The van der Waals surface area contributed by atoms with Crippen molar-refractivity contribution in [2.45, 2.75) is 20.0 Å². The lowest BCUT2D eigenvalue weighted by Gasteiger charge is -2.22. The van der Waals surface area contributed by atoms with E-state index in [1.54, 1.807) is 18.2 Å². The van der Waals surface area contributed by atoms with Crippen molar-refractivity contribution in [3.8, 4) is 0 Å². The second kappa shape index (κ2) is 10.2. The molecule has 8 heteroatoms. The third kappa shape index (κ3) is 5.14. The molecule has 8 nitrogen and oxygen atoms in total. The Morgan fingerprint density at radius 2 is 1.93 bits per heavy atom. The van der Waals surface area contributed by atoms with E-state index in [0.717, 1.165) is 18.8 Å². The molecule has 0 heterocycles. The number of nitrogens with one attached hydrogen (secondary N) is 1. The predicted molar refractivity (Wildman–Crippen MR) is 109 cm³/mol. The fourth-order valence-corrected chi connectivity index (χ4v) is 2.86. The number of amides is 1. The zero-order valence-corrected chi connectivity index (χ0v) is 16.2. The molecule has 0 unspecified atom stereocenters. The van der Waals surface area contributed by atoms with Crippen molar-refractivity contribution in [3.63, 3.8) is 0 Å². The van der Waals surface area contributed by atoms with Crippen LogP contribution < -0.4 is 10.3 Å². The Kier molecular flexibility index (Phi) is 7.65. The number of benzene rings is 2. The third-order valence-corrected chi connectivity index (χ3v) is 4.28. The number of carbonyl (C=O) groups is 1. The maximum Gasteiger partial charge on any atom is 0.273 e. The van der Waals surface area contributed by atoms with Crippen molar-refractivity contribution in [1.29, 1.82) is 0 Å². The highest BCUT2D eigenvalue weighted by Gasteiger charge is 2.19. The zero-order chi connectivity index (χ0) is 20.5. The Hall–Kier alpha value is -3.26. The van der Waals surface area contributed by atoms with Gasteiger partial charge in [0.05, 0.1) is 11.1 Å². The van der Waals surface area contributed by atoms with E-state index in [2.05, 4.69) is 15.4 Å². The van der Waals surface area contributed by atoms with E-state index in [4.69, 9.17) is 4.74 Å². The quantitative estimate of drug-likeness (QED) is 0.406. The van der Waals surface area contributed by atoms with E-state index in [-0.39, 0.29) is 5.69 Å². The van der Waals surface area contributed by atoms with Gasteiger partial charge in [0.25, 0.3) is 11.6 Å². The van der Waals surface area contributed by atoms with Gasteiger partial charge in [-0.15, -0.1) is 0 Å². The van der Waals surface area contributed by atoms with Crippen LogP contribution >= 0.6 is 0 Å². The number of methoxy groups -OCH3 is 1. The van der Waals surface area contributed by atoms with Crippen LogP contribution in [-0.4, -0.2) is 37.2 Å². The summed E-state index contributed by atoms with van der Waals surface area (Å²) in [5.74, 6) is -0.431. The van der Waals surface area contributed by atoms with E-state index in [1.807, 2.05) is 32.0 Å². The van der Waals surface area contributed by atoms with E-state index in [0.29, 0.717) is 11.1 Å². The van der Waals surface area contributed by atoms with Crippen LogP contribution in [0.3, 0.4) is 0 Å². The number of ether oxygens (including phenoxy) is 1. The SMILES string of the molecule is CCN(CC)c1ccc([N+](=O)[O-])cc1/C=N\NC(=O)[C@@H](OC)c1ccccc1. The van der Waals surface area contributed by atoms with Gasteiger partial charge in [0.1, 0.15) is 0 Å². The van der Waals surface area contributed by atoms with Gasteiger partial charge >= 0.3 is 0 Å². The van der Waals surface area contributed by atoms with Crippen molar-refractivity contribution in [2.24, 2.45) is 5.10 Å². The summed E-state index contributed by atoms with van der Waals surface area (Å²) in [6, 6.07) is 13.6. The van der Waals surface area contributed by atoms with Crippen LogP contribution in [0.1, 0.15) is 31.1 Å². The van der Waals surface area contributed by atoms with Crippen molar-refractivity contribution in [3.05, 3.63) is 69.8 Å². The van der Waals surface area contributed by atoms with Gasteiger partial charge < -0.3 is 9.64 Å². The lowest BCUT2D eigenvalue weighted by Crippen LogP contribution is -2.27. The summed E-state index contributed by atoms with van der Waals surface area (Å²) < 4.78 is 5.26. The average molecular weight is 384 g/mol. The van der Waals surface area contributed by atoms with Crippen molar-refractivity contribution in [2.75, 3.05) is 25.1 Å². The van der Waals surface area contributed by atoms with E-state index < -0.39 is 16.9 Å². The highest BCUT2D eigenvalue weighted by atomic mass is 16.6. The van der Waals surface area contributed by atoms with E-state index in [1.165, 1.54) is 25.5 Å². The maximum atomic E-state index is 12.4. The zero-order valence-electron chi connectivity index (χ0n) is 16.2. The van der Waals surface area contributed by atoms with Gasteiger partial charge in [0, 0.05) is 43.6 Å². The van der Waals surface area contributed by atoms with Crippen LogP contribution in [0.5, 0.6) is 0 Å². The molecular formula is C20H24N4O4. The fraction of sp³-hybridized carbons (Fsp3) is 0.300. The number of nitrogens with zero attached hydrogens (tertiary/aromatic N) is 3. The summed E-state index contributed by atoms with van der Waals surface area (Å²) in [5, 5.41) is 15.1. The number of hydrazone groups is 1. The molecule has 1 atom stereocenters. The Morgan fingerprint density at radius 3 is 2.50 bits per heavy atom. The molecule has 1 amide bonds. The molecule has 0 saturated heterocycles. The molecule has 0 aliphatic carbocycles. The maximum absolute atomic E-state index is 12.4. The van der Waals surface area contributed by atoms with E-state index >= 15 is 0 Å². The fourth-order valence-electron chi connectivity index (χ4n) is 2.86. The van der Waals surface area contributed by atoms with Crippen LogP contribution in [-0.2, 0) is 9.53 Å². The van der Waals surface area contributed by atoms with Gasteiger partial charge in [0.15, 0.2) is 6.10 Å². The topological polar surface area (TPSA) is 97.1 Å². The second-order valence-corrected chi connectivity index (χ2v) is 5.93. The Labute approximate surface area is 164 Å². The van der Waals surface area contributed by atoms with Crippen LogP contribution in [0.2, 0.25) is 0 Å². The molecule has 148 valence electrons. The van der Waals surface area contributed by atoms with Crippen LogP contribution in [0.15, 0.2) is 53.6 Å². The summed E-state index contributed by atoms with van der Waals surface area (Å²) in [4.78, 5) is 25.1. The minimum atomic E-state index is -0.800. The number of non-ortho nitro benzene ring substituents is 1. The molecule has 0 saturated carbocycles. The Morgan fingerprint density at radius 1 is 1.25 bits per heavy atom. The third-order valence-electron chi connectivity index (χ3n) is 4.28. The first-order valence-corrected chi connectivity index (χ1v) is 8.95. The molecule has 0 aliphatic heterocycles. The second-order valence-electron chi connectivity index (χ2n) is 5.93. The normalized spacial score (nSPS) is 12.0. The van der Waals surface area contributed by atoms with E-state index in [9.17, 15) is 14.9 Å². The predicted octanol–water partition coefficient (Wildman–Crippen LogP) is 3.28. The molecule has 0 bridgehead atoms. The first-order chi connectivity index (χ1) is 13.5. The van der Waals surface area contributed by atoms with Gasteiger partial charge in [-0.05, 0) is 25.5 Å². The summed E-state index contributed by atoms with van der Waals surface area (Å²) in [5.41, 5.74) is 4.47. The van der Waals surface area contributed by atoms with Gasteiger partial charge in [-0.2, -0.15) is 5.10 Å². The van der Waals surface area contributed by atoms with Crippen molar-refractivity contribution in [1.82, 2.24) is 5.43 Å². The van der Waals surface area contributed by atoms with Crippen LogP contribution in [0, 0.1) is 10.1 Å². The molecule has 2 rings (SSSR count). The Balaban J connectivity index is 2.23. The smallest absolute Gasteiger partial charge is 0.273 e. The molecule has 0 aromatic heterocycles. The summed E-state index contributed by atoms with van der Waals surface area (Å²) >= 11 is 0. The highest BCUT2D eigenvalue weighted by Crippen LogP contribution is 2.24. The minimum absolute atomic E-state index is 0.0391. The largest absolute Gasteiger partial charge is 0.372 e. The number of carbonyl (C=O) groups excluding carboxylic acids is 1. The van der Waals surface area contributed by atoms with Crippen LogP contribution in [0.4, 0.5) is 11.4 Å². The lowest BCUT2D eigenvalue weighted by molar-refractivity contribution is -0.384. The standard InChI is InChI=1S/C20H24N4O4/c1-4-23(5-2)18-12-11-17(24(26)27)13-16(18)14-21-22-20(25)19(28-3)15-9-7-6-8-10-15/h6-14,19H,4-5H2,1-3H3,(H,22,25)/b21-14-/t19-/m0/s1. The summed E-state index contributed by atoms with van der Waals surface area (Å²) in [7, 11) is 1.44. The van der Waals surface area contributed by atoms with Crippen molar-refractivity contribution < 1.29 is 14.5 Å². The molecule has 0 radical (unpaired) electrons. The lowest BCUT2D eigenvalue weighted by atomic mass is 10.1. The van der Waals surface area contributed by atoms with Gasteiger partial charge in [0.2, 0.25) is 0 Å². The monoisotopic (exact) mass is 384 g/mol. The molecule has 28 heavy (non-hydrogen) atoms. The number of hydrogen-bond donors (Lipinski definition) is 1. The van der Waals surface area contributed by atoms with Crippen LogP contribution in [0.25, 0.3) is 0 Å². The summed E-state index contributed by atoms with van der Waals surface area (Å²) in [6.45, 7) is 5.47. The van der Waals surface area contributed by atoms with Gasteiger partial charge in [-0.3, -0.25) is 14.9 Å². The first kappa shape index (κ1) is 21.0. The molecule has 0 aliphatic rings. The number of rotatable bonds is 9. The number of nitro benzene ring substituents is 1. The first-order valence-electron chi connectivity index (χ1n) is 8.95. The number of nitro groups is 1. The minimum Gasteiger partial charge on any atom is -0.372 e. The van der Waals surface area contributed by atoms with Gasteiger partial charge in [-0.1, -0.05) is 30.3 Å². The molecule has 1 N–H and O–H groups in total. The number of hydrogen-bond acceptors (Lipinski definition) is 6. The van der Waals surface area contributed by atoms with Gasteiger partial charge in [-0.25, -0.2) is 5.43 Å².